The van der Waals surface area contributed by atoms with Crippen LogP contribution in [-0.2, 0) is 14.3 Å². The van der Waals surface area contributed by atoms with E-state index in [9.17, 15) is 9.59 Å². The minimum atomic E-state index is -0.749. The van der Waals surface area contributed by atoms with Gasteiger partial charge < -0.3 is 9.84 Å². The molecule has 0 unspecified atom stereocenters. The molecule has 2 rings (SSSR count). The van der Waals surface area contributed by atoms with Crippen molar-refractivity contribution in [3.63, 3.8) is 0 Å². The van der Waals surface area contributed by atoms with Crippen molar-refractivity contribution in [2.24, 2.45) is 0 Å². The molecular weight excluding hydrogens is 272 g/mol. The van der Waals surface area contributed by atoms with Crippen molar-refractivity contribution in [3.05, 3.63) is 24.3 Å². The van der Waals surface area contributed by atoms with Crippen molar-refractivity contribution in [2.75, 3.05) is 34.3 Å². The van der Waals surface area contributed by atoms with Crippen LogP contribution < -0.4 is 0 Å². The maximum atomic E-state index is 11.1. The molecule has 2 aliphatic heterocycles. The largest absolute Gasteiger partial charge is 0.480 e. The van der Waals surface area contributed by atoms with Gasteiger partial charge in [-0.25, -0.2) is 0 Å². The molecule has 6 heteroatoms. The van der Waals surface area contributed by atoms with Gasteiger partial charge in [0.1, 0.15) is 12.1 Å². The number of hydrogen-bond acceptors (Lipinski definition) is 5. The zero-order valence-corrected chi connectivity index (χ0v) is 13.0. The van der Waals surface area contributed by atoms with Crippen LogP contribution in [0.1, 0.15) is 12.8 Å². The van der Waals surface area contributed by atoms with Gasteiger partial charge in [-0.3, -0.25) is 19.4 Å². The molecule has 118 valence electrons. The van der Waals surface area contributed by atoms with Crippen molar-refractivity contribution in [1.82, 2.24) is 9.80 Å². The second-order valence-electron chi connectivity index (χ2n) is 5.63. The molecule has 1 N–H and O–H groups in total. The van der Waals surface area contributed by atoms with Crippen LogP contribution in [0.3, 0.4) is 0 Å². The van der Waals surface area contributed by atoms with Gasteiger partial charge in [-0.05, 0) is 26.9 Å². The topological polar surface area (TPSA) is 70.1 Å². The molecule has 2 aliphatic rings. The summed E-state index contributed by atoms with van der Waals surface area (Å²) in [4.78, 5) is 25.3. The Kier molecular flexibility index (Phi) is 6.11. The first-order valence-electron chi connectivity index (χ1n) is 6.80. The summed E-state index contributed by atoms with van der Waals surface area (Å²) in [6.07, 6.45) is 1.34. The Bertz CT molecular complexity index is 447. The van der Waals surface area contributed by atoms with Crippen LogP contribution in [0.5, 0.6) is 0 Å². The van der Waals surface area contributed by atoms with E-state index in [0.717, 1.165) is 30.7 Å². The highest BCUT2D eigenvalue weighted by Gasteiger charge is 2.30. The Labute approximate surface area is 125 Å². The minimum absolute atomic E-state index is 0.104. The number of esters is 1. The maximum absolute atomic E-state index is 11.1. The van der Waals surface area contributed by atoms with Crippen molar-refractivity contribution < 1.29 is 19.4 Å². The average molecular weight is 296 g/mol. The van der Waals surface area contributed by atoms with Crippen LogP contribution >= 0.6 is 0 Å². The lowest BCUT2D eigenvalue weighted by Gasteiger charge is -2.15. The Morgan fingerprint density at radius 2 is 1.52 bits per heavy atom. The molecule has 2 heterocycles. The van der Waals surface area contributed by atoms with Gasteiger partial charge in [0.2, 0.25) is 0 Å². The van der Waals surface area contributed by atoms with Gasteiger partial charge in [0.15, 0.2) is 0 Å². The van der Waals surface area contributed by atoms with Crippen LogP contribution in [0.2, 0.25) is 0 Å². The lowest BCUT2D eigenvalue weighted by Crippen LogP contribution is -2.33. The van der Waals surface area contributed by atoms with Crippen LogP contribution in [-0.4, -0.2) is 73.2 Å². The van der Waals surface area contributed by atoms with Crippen LogP contribution in [0.25, 0.3) is 0 Å². The molecule has 0 amide bonds. The summed E-state index contributed by atoms with van der Waals surface area (Å²) in [5, 5.41) is 8.62. The molecule has 0 aliphatic carbocycles. The number of carboxylic acid groups (broad SMARTS) is 1. The van der Waals surface area contributed by atoms with E-state index in [1.54, 1.807) is 11.9 Å². The van der Waals surface area contributed by atoms with Crippen molar-refractivity contribution >= 4 is 11.9 Å². The third-order valence-electron chi connectivity index (χ3n) is 3.73. The van der Waals surface area contributed by atoms with E-state index in [4.69, 9.17) is 5.11 Å². The van der Waals surface area contributed by atoms with Crippen LogP contribution in [0, 0.1) is 0 Å². The normalized spacial score (nSPS) is 26.4. The number of likely N-dealkylation sites (tertiary alicyclic amines) is 2. The molecular formula is C15H24N2O4. The molecule has 0 bridgehead atoms. The second kappa shape index (κ2) is 7.38. The SMILES string of the molecule is C=C1C[C@@H](C(=O)O)N(C)C1.C=C1C[C@@H](C(=O)OC)N(C)C1. The number of likely N-dealkylation sites (N-methyl/N-ethyl adjacent to an activating group) is 2. The van der Waals surface area contributed by atoms with E-state index < -0.39 is 5.97 Å². The Morgan fingerprint density at radius 3 is 1.76 bits per heavy atom. The molecule has 0 saturated carbocycles. The van der Waals surface area contributed by atoms with Gasteiger partial charge in [-0.15, -0.1) is 0 Å². The Morgan fingerprint density at radius 1 is 1.10 bits per heavy atom. The number of rotatable bonds is 2. The van der Waals surface area contributed by atoms with Crippen molar-refractivity contribution in [1.29, 1.82) is 0 Å². The molecule has 2 fully saturated rings. The zero-order valence-electron chi connectivity index (χ0n) is 13.0. The Hall–Kier alpha value is -1.66. The summed E-state index contributed by atoms with van der Waals surface area (Å²) >= 11 is 0. The number of methoxy groups -OCH3 is 1. The lowest BCUT2D eigenvalue weighted by atomic mass is 10.2. The molecule has 0 aromatic rings. The van der Waals surface area contributed by atoms with E-state index in [2.05, 4.69) is 17.9 Å². The fourth-order valence-electron chi connectivity index (χ4n) is 2.59. The molecule has 0 spiro atoms. The second-order valence-corrected chi connectivity index (χ2v) is 5.63. The van der Waals surface area contributed by atoms with Gasteiger partial charge in [0.05, 0.1) is 7.11 Å². The maximum Gasteiger partial charge on any atom is 0.323 e. The fourth-order valence-corrected chi connectivity index (χ4v) is 2.59. The van der Waals surface area contributed by atoms with Gasteiger partial charge in [-0.1, -0.05) is 24.3 Å². The number of carboxylic acids is 1. The number of nitrogens with zero attached hydrogens (tertiary/aromatic N) is 2. The summed E-state index contributed by atoms with van der Waals surface area (Å²) in [6.45, 7) is 9.08. The zero-order chi connectivity index (χ0) is 16.2. The van der Waals surface area contributed by atoms with Gasteiger partial charge >= 0.3 is 11.9 Å². The van der Waals surface area contributed by atoms with E-state index in [0.29, 0.717) is 6.42 Å². The monoisotopic (exact) mass is 296 g/mol. The standard InChI is InChI=1S/C8H13NO2.C7H11NO2/c1-6-4-7(8(10)11-3)9(2)5-6;1-5-3-6(7(9)10)8(2)4-5/h7H,1,4-5H2,2-3H3;6H,1,3-4H2,2H3,(H,9,10)/t7-;6-/m00/s1. The summed E-state index contributed by atoms with van der Waals surface area (Å²) in [5.74, 6) is -0.910. The number of ether oxygens (including phenoxy) is 1. The first-order valence-corrected chi connectivity index (χ1v) is 6.80. The average Bonchev–Trinajstić information content (AvgIpc) is 2.91. The summed E-state index contributed by atoms with van der Waals surface area (Å²) in [6, 6.07) is -0.444. The summed E-state index contributed by atoms with van der Waals surface area (Å²) in [7, 11) is 5.12. The quantitative estimate of drug-likeness (QED) is 0.599. The molecule has 0 aromatic heterocycles. The third-order valence-corrected chi connectivity index (χ3v) is 3.73. The van der Waals surface area contributed by atoms with Gasteiger partial charge in [0.25, 0.3) is 0 Å². The van der Waals surface area contributed by atoms with E-state index in [-0.39, 0.29) is 18.1 Å². The molecule has 2 saturated heterocycles. The first-order chi connectivity index (χ1) is 9.76. The highest BCUT2D eigenvalue weighted by Crippen LogP contribution is 2.19. The lowest BCUT2D eigenvalue weighted by molar-refractivity contribution is -0.145. The molecule has 2 atom stereocenters. The highest BCUT2D eigenvalue weighted by atomic mass is 16.5. The molecule has 21 heavy (non-hydrogen) atoms. The van der Waals surface area contributed by atoms with E-state index in [1.807, 2.05) is 11.9 Å². The number of carbonyl (C=O) groups excluding carboxylic acids is 1. The van der Waals surface area contributed by atoms with Crippen LogP contribution in [0.4, 0.5) is 0 Å². The van der Waals surface area contributed by atoms with E-state index >= 15 is 0 Å². The number of hydrogen-bond donors (Lipinski definition) is 1. The van der Waals surface area contributed by atoms with E-state index in [1.165, 1.54) is 7.11 Å². The predicted octanol–water partition coefficient (Wildman–Crippen LogP) is 0.751. The Balaban J connectivity index is 0.000000211. The third kappa shape index (κ3) is 4.68. The smallest absolute Gasteiger partial charge is 0.323 e. The van der Waals surface area contributed by atoms with Crippen molar-refractivity contribution in [3.8, 4) is 0 Å². The molecule has 0 aromatic carbocycles. The van der Waals surface area contributed by atoms with Crippen LogP contribution in [0.15, 0.2) is 24.3 Å². The molecule has 0 radical (unpaired) electrons. The number of carbonyl (C=O) groups is 2. The highest BCUT2D eigenvalue weighted by molar-refractivity contribution is 5.76. The van der Waals surface area contributed by atoms with Gasteiger partial charge in [0, 0.05) is 13.1 Å². The van der Waals surface area contributed by atoms with Crippen molar-refractivity contribution in [2.45, 2.75) is 24.9 Å². The van der Waals surface area contributed by atoms with Gasteiger partial charge in [-0.2, -0.15) is 0 Å². The summed E-state index contributed by atoms with van der Waals surface area (Å²) < 4.78 is 4.63. The molecule has 6 nitrogen and oxygen atoms in total. The summed E-state index contributed by atoms with van der Waals surface area (Å²) in [5.41, 5.74) is 2.11. The minimum Gasteiger partial charge on any atom is -0.480 e. The fraction of sp³-hybridized carbons (Fsp3) is 0.600. The number of aliphatic carboxylic acids is 1. The predicted molar refractivity (Wildman–Crippen MR) is 80.0 cm³/mol. The first kappa shape index (κ1) is 17.4.